The van der Waals surface area contributed by atoms with Crippen LogP contribution in [-0.4, -0.2) is 34.4 Å². The van der Waals surface area contributed by atoms with Gasteiger partial charge in [-0.05, 0) is 33.6 Å². The monoisotopic (exact) mass is 346 g/mol. The zero-order valence-electron chi connectivity index (χ0n) is 12.0. The van der Waals surface area contributed by atoms with Gasteiger partial charge in [-0.1, -0.05) is 19.4 Å². The van der Waals surface area contributed by atoms with Crippen LogP contribution in [0.2, 0.25) is 6.04 Å². The molecule has 0 aromatic heterocycles. The predicted molar refractivity (Wildman–Crippen MR) is 72.7 cm³/mol. The fourth-order valence-electron chi connectivity index (χ4n) is 1.72. The normalized spacial score (nSPS) is 16.8. The Labute approximate surface area is 117 Å². The average Bonchev–Trinajstić information content (AvgIpc) is 2.23. The van der Waals surface area contributed by atoms with E-state index in [9.17, 15) is 19.4 Å². The number of hydrogen-bond donors (Lipinski definition) is 0. The van der Waals surface area contributed by atoms with Crippen LogP contribution >= 0.6 is 10.2 Å². The van der Waals surface area contributed by atoms with Gasteiger partial charge in [-0.3, -0.25) is 0 Å². The van der Waals surface area contributed by atoms with Crippen LogP contribution in [0.5, 0.6) is 0 Å². The van der Waals surface area contributed by atoms with E-state index in [1.807, 2.05) is 0 Å². The maximum Gasteiger partial charge on any atom is 0.500 e. The van der Waals surface area contributed by atoms with Crippen molar-refractivity contribution in [2.45, 2.75) is 39.7 Å². The second-order valence-corrected chi connectivity index (χ2v) is 9.67. The lowest BCUT2D eigenvalue weighted by Gasteiger charge is -2.40. The summed E-state index contributed by atoms with van der Waals surface area (Å²) in [6.45, 7) is 6.05. The quantitative estimate of drug-likeness (QED) is 0.295. The van der Waals surface area contributed by atoms with Crippen LogP contribution in [0.1, 0.15) is 33.6 Å². The van der Waals surface area contributed by atoms with E-state index < -0.39 is 31.2 Å². The highest BCUT2D eigenvalue weighted by Crippen LogP contribution is 2.97. The molecule has 0 aliphatic carbocycles. The standard InChI is InChI=1S/C10H23F5O3SSi/c1-4-16-20(17-5-2,18-6-3)10-8-7-9-19(11,12,13,14)15/h4-10H2,1-3H3. The SMILES string of the molecule is CCO[Si](CCCCS(F)(F)(F)(F)F)(OCC)OCC. The second kappa shape index (κ2) is 6.47. The fourth-order valence-corrected chi connectivity index (χ4v) is 5.15. The molecule has 0 heterocycles. The highest BCUT2D eigenvalue weighted by Gasteiger charge is 2.62. The van der Waals surface area contributed by atoms with Gasteiger partial charge in [0.05, 0.1) is 5.75 Å². The topological polar surface area (TPSA) is 27.7 Å². The lowest BCUT2D eigenvalue weighted by Crippen LogP contribution is -2.46. The van der Waals surface area contributed by atoms with Gasteiger partial charge in [0.1, 0.15) is 0 Å². The Bertz CT molecular complexity index is 280. The largest absolute Gasteiger partial charge is 0.500 e. The van der Waals surface area contributed by atoms with Gasteiger partial charge < -0.3 is 13.3 Å². The Hall–Kier alpha value is 0.0969. The summed E-state index contributed by atoms with van der Waals surface area (Å²) in [5, 5.41) is 0. The van der Waals surface area contributed by atoms with E-state index in [-0.39, 0.29) is 12.5 Å². The summed E-state index contributed by atoms with van der Waals surface area (Å²) >= 11 is 0. The van der Waals surface area contributed by atoms with Gasteiger partial charge in [0.2, 0.25) is 0 Å². The molecule has 0 N–H and O–H groups in total. The molecule has 0 aromatic rings. The number of halogens is 5. The van der Waals surface area contributed by atoms with Crippen molar-refractivity contribution in [1.82, 2.24) is 0 Å². The zero-order valence-corrected chi connectivity index (χ0v) is 13.8. The van der Waals surface area contributed by atoms with Crippen LogP contribution in [0.3, 0.4) is 0 Å². The maximum absolute atomic E-state index is 12.2. The molecule has 0 aliphatic rings. The molecule has 0 aromatic carbocycles. The molecule has 0 atom stereocenters. The second-order valence-electron chi connectivity index (χ2n) is 4.27. The van der Waals surface area contributed by atoms with Gasteiger partial charge in [0.15, 0.2) is 0 Å². The Morgan fingerprint density at radius 1 is 0.750 bits per heavy atom. The number of hydrogen-bond acceptors (Lipinski definition) is 3. The minimum atomic E-state index is -9.31. The smallest absolute Gasteiger partial charge is 0.374 e. The summed E-state index contributed by atoms with van der Waals surface area (Å²) in [6.07, 6.45) is -0.724. The Balaban J connectivity index is 4.48. The van der Waals surface area contributed by atoms with E-state index in [0.717, 1.165) is 0 Å². The lowest BCUT2D eigenvalue weighted by molar-refractivity contribution is 0.0707. The third kappa shape index (κ3) is 9.92. The molecule has 10 heteroatoms. The van der Waals surface area contributed by atoms with Crippen molar-refractivity contribution in [3.63, 3.8) is 0 Å². The Morgan fingerprint density at radius 2 is 1.15 bits per heavy atom. The minimum Gasteiger partial charge on any atom is -0.374 e. The molecule has 0 bridgehead atoms. The van der Waals surface area contributed by atoms with Gasteiger partial charge >= 0.3 is 8.80 Å². The fraction of sp³-hybridized carbons (Fsp3) is 1.00. The lowest BCUT2D eigenvalue weighted by atomic mass is 10.4. The summed E-state index contributed by atoms with van der Waals surface area (Å²) in [5.41, 5.74) is 0. The molecular formula is C10H23F5O3SSi. The van der Waals surface area contributed by atoms with Gasteiger partial charge in [0, 0.05) is 25.9 Å². The summed E-state index contributed by atoms with van der Waals surface area (Å²) in [7, 11) is -12.3. The molecule has 0 unspecified atom stereocenters. The van der Waals surface area contributed by atoms with E-state index in [0.29, 0.717) is 19.8 Å². The molecule has 20 heavy (non-hydrogen) atoms. The molecule has 0 radical (unpaired) electrons. The van der Waals surface area contributed by atoms with E-state index >= 15 is 0 Å². The molecule has 0 spiro atoms. The summed E-state index contributed by atoms with van der Waals surface area (Å²) < 4.78 is 77.3. The minimum absolute atomic E-state index is 0.0716. The predicted octanol–water partition coefficient (Wildman–Crippen LogP) is 5.11. The first kappa shape index (κ1) is 20.1. The van der Waals surface area contributed by atoms with Crippen molar-refractivity contribution in [2.75, 3.05) is 25.6 Å². The van der Waals surface area contributed by atoms with Crippen LogP contribution in [-0.2, 0) is 13.3 Å². The van der Waals surface area contributed by atoms with Gasteiger partial charge in [-0.2, -0.15) is 0 Å². The van der Waals surface area contributed by atoms with Gasteiger partial charge in [-0.25, -0.2) is 0 Å². The van der Waals surface area contributed by atoms with Crippen LogP contribution in [0.4, 0.5) is 19.4 Å². The van der Waals surface area contributed by atoms with Gasteiger partial charge in [-0.15, -0.1) is 0 Å². The first-order chi connectivity index (χ1) is 8.87. The van der Waals surface area contributed by atoms with Crippen molar-refractivity contribution in [2.24, 2.45) is 0 Å². The maximum atomic E-state index is 12.2. The average molecular weight is 346 g/mol. The molecule has 0 saturated carbocycles. The summed E-state index contributed by atoms with van der Waals surface area (Å²) in [6, 6.07) is 0.107. The highest BCUT2D eigenvalue weighted by molar-refractivity contribution is 8.45. The van der Waals surface area contributed by atoms with E-state index in [1.165, 1.54) is 0 Å². The molecule has 0 aliphatic heterocycles. The summed E-state index contributed by atoms with van der Waals surface area (Å²) in [4.78, 5) is 0. The van der Waals surface area contributed by atoms with Crippen molar-refractivity contribution in [3.8, 4) is 0 Å². The van der Waals surface area contributed by atoms with Crippen molar-refractivity contribution in [1.29, 1.82) is 0 Å². The first-order valence-electron chi connectivity index (χ1n) is 6.51. The van der Waals surface area contributed by atoms with Crippen LogP contribution in [0.15, 0.2) is 0 Å². The molecule has 0 amide bonds. The molecule has 126 valence electrons. The third-order valence-corrected chi connectivity index (χ3v) is 6.57. The molecule has 0 rings (SSSR count). The van der Waals surface area contributed by atoms with E-state index in [2.05, 4.69) is 0 Å². The van der Waals surface area contributed by atoms with Crippen LogP contribution < -0.4 is 0 Å². The Kier molecular flexibility index (Phi) is 6.50. The molecule has 0 fully saturated rings. The van der Waals surface area contributed by atoms with Crippen molar-refractivity contribution < 1.29 is 32.7 Å². The highest BCUT2D eigenvalue weighted by atomic mass is 32.5. The van der Waals surface area contributed by atoms with Gasteiger partial charge in [0.25, 0.3) is 10.2 Å². The molecular weight excluding hydrogens is 323 g/mol. The molecule has 3 nitrogen and oxygen atoms in total. The van der Waals surface area contributed by atoms with Crippen molar-refractivity contribution >= 4 is 19.0 Å². The third-order valence-electron chi connectivity index (χ3n) is 2.36. The van der Waals surface area contributed by atoms with E-state index in [4.69, 9.17) is 13.3 Å². The zero-order chi connectivity index (χ0) is 16.0. The van der Waals surface area contributed by atoms with Crippen LogP contribution in [0.25, 0.3) is 0 Å². The first-order valence-corrected chi connectivity index (χ1v) is 10.6. The van der Waals surface area contributed by atoms with Crippen LogP contribution in [0, 0.1) is 0 Å². The van der Waals surface area contributed by atoms with Crippen molar-refractivity contribution in [3.05, 3.63) is 0 Å². The molecule has 0 saturated heterocycles. The summed E-state index contributed by atoms with van der Waals surface area (Å²) in [5.74, 6) is -2.05. The number of unbranched alkanes of at least 4 members (excludes halogenated alkanes) is 1. The van der Waals surface area contributed by atoms with E-state index in [1.54, 1.807) is 20.8 Å². The Morgan fingerprint density at radius 3 is 1.45 bits per heavy atom. The number of rotatable bonds is 11.